The van der Waals surface area contributed by atoms with Crippen LogP contribution in [0.1, 0.15) is 50.2 Å². The predicted molar refractivity (Wildman–Crippen MR) is 180 cm³/mol. The highest BCUT2D eigenvalue weighted by Crippen LogP contribution is 2.31. The molecule has 3 heterocycles. The van der Waals surface area contributed by atoms with Gasteiger partial charge in [-0.05, 0) is 49.9 Å². The van der Waals surface area contributed by atoms with Crippen LogP contribution in [-0.4, -0.2) is 97.8 Å². The molecule has 0 fully saturated rings. The Morgan fingerprint density at radius 2 is 1.65 bits per heavy atom. The number of carbonyl (C=O) groups excluding carboxylic acids is 5. The number of thioether (sulfide) groups is 1. The number of amides is 5. The van der Waals surface area contributed by atoms with Crippen LogP contribution in [0.5, 0.6) is 0 Å². The smallest absolute Gasteiger partial charge is 0.327 e. The molecule has 6 atom stereocenters. The third-order valence-corrected chi connectivity index (χ3v) is 9.00. The number of para-hydroxylation sites is 1. The Labute approximate surface area is 286 Å². The van der Waals surface area contributed by atoms with E-state index in [0.717, 1.165) is 11.8 Å². The van der Waals surface area contributed by atoms with Crippen LogP contribution < -0.4 is 26.6 Å². The monoisotopic (exact) mass is 695 g/mol. The van der Waals surface area contributed by atoms with E-state index in [1.165, 1.54) is 26.1 Å². The zero-order valence-electron chi connectivity index (χ0n) is 27.5. The molecule has 15 nitrogen and oxygen atoms in total. The summed E-state index contributed by atoms with van der Waals surface area (Å²) >= 11 is 1.07. The molecule has 4 rings (SSSR count). The van der Waals surface area contributed by atoms with Gasteiger partial charge in [0.25, 0.3) is 5.91 Å². The Kier molecular flexibility index (Phi) is 12.4. The molecule has 0 saturated heterocycles. The quantitative estimate of drug-likeness (QED) is 0.178. The summed E-state index contributed by atoms with van der Waals surface area (Å²) in [6, 6.07) is 5.43. The number of carboxylic acids is 1. The van der Waals surface area contributed by atoms with Crippen LogP contribution in [0.2, 0.25) is 0 Å². The van der Waals surface area contributed by atoms with Crippen LogP contribution in [0.15, 0.2) is 53.7 Å². The number of aromatic amines is 1. The largest absolute Gasteiger partial charge is 0.480 e. The Morgan fingerprint density at radius 1 is 0.939 bits per heavy atom. The SMILES string of the molecule is CC(C)C[C@@H]1NC(=O)[C@@H](NC(=O)c2ccccn2)Cc2c([nH]c3ccccc23)SC[C@@H](C(=O)O)NC(=O)[C@H]([C@@H](C)O)NC(=O)[C@@H](C)NC1=O. The van der Waals surface area contributed by atoms with E-state index >= 15 is 0 Å². The van der Waals surface area contributed by atoms with Gasteiger partial charge in [0.15, 0.2) is 0 Å². The van der Waals surface area contributed by atoms with E-state index in [9.17, 15) is 39.0 Å². The van der Waals surface area contributed by atoms with Gasteiger partial charge in [0.2, 0.25) is 23.6 Å². The number of carbonyl (C=O) groups is 6. The summed E-state index contributed by atoms with van der Waals surface area (Å²) in [4.78, 5) is 86.7. The molecule has 0 unspecified atom stereocenters. The molecule has 49 heavy (non-hydrogen) atoms. The number of nitrogens with zero attached hydrogens (tertiary/aromatic N) is 1. The summed E-state index contributed by atoms with van der Waals surface area (Å²) in [6.07, 6.45) is 0.149. The van der Waals surface area contributed by atoms with E-state index in [1.54, 1.807) is 30.3 Å². The minimum absolute atomic E-state index is 0.0649. The third kappa shape index (κ3) is 9.57. The van der Waals surface area contributed by atoms with Crippen molar-refractivity contribution in [3.63, 3.8) is 0 Å². The number of aliphatic hydroxyl groups excluding tert-OH is 1. The lowest BCUT2D eigenvalue weighted by Crippen LogP contribution is -2.60. The summed E-state index contributed by atoms with van der Waals surface area (Å²) in [5.74, 6) is -5.36. The molecule has 16 heteroatoms. The van der Waals surface area contributed by atoms with Crippen LogP contribution in [-0.2, 0) is 30.4 Å². The van der Waals surface area contributed by atoms with Crippen molar-refractivity contribution in [3.05, 3.63) is 59.9 Å². The number of pyridine rings is 1. The molecular weight excluding hydrogens is 654 g/mol. The van der Waals surface area contributed by atoms with Gasteiger partial charge >= 0.3 is 5.97 Å². The van der Waals surface area contributed by atoms with Crippen molar-refractivity contribution in [2.24, 2.45) is 5.92 Å². The van der Waals surface area contributed by atoms with E-state index in [1.807, 2.05) is 19.9 Å². The number of nitrogens with one attached hydrogen (secondary N) is 6. The lowest BCUT2D eigenvalue weighted by molar-refractivity contribution is -0.142. The van der Waals surface area contributed by atoms with Crippen molar-refractivity contribution in [2.45, 2.75) is 81.9 Å². The highest BCUT2D eigenvalue weighted by molar-refractivity contribution is 7.99. The van der Waals surface area contributed by atoms with E-state index in [4.69, 9.17) is 0 Å². The van der Waals surface area contributed by atoms with Crippen LogP contribution in [0, 0.1) is 5.92 Å². The lowest BCUT2D eigenvalue weighted by Gasteiger charge is -2.27. The number of rotatable bonds is 6. The van der Waals surface area contributed by atoms with Gasteiger partial charge in [0.1, 0.15) is 35.9 Å². The third-order valence-electron chi connectivity index (χ3n) is 7.87. The molecule has 0 aliphatic carbocycles. The average molecular weight is 696 g/mol. The number of carboxylic acid groups (broad SMARTS) is 1. The fraction of sp³-hybridized carbons (Fsp3) is 0.424. The summed E-state index contributed by atoms with van der Waals surface area (Å²) < 4.78 is 0. The van der Waals surface area contributed by atoms with Gasteiger partial charge in [-0.15, -0.1) is 11.8 Å². The molecule has 0 saturated carbocycles. The van der Waals surface area contributed by atoms with Gasteiger partial charge in [-0.1, -0.05) is 38.1 Å². The normalized spacial score (nSPS) is 23.6. The number of H-pyrrole nitrogens is 1. The summed E-state index contributed by atoms with van der Waals surface area (Å²) in [5.41, 5.74) is 1.33. The van der Waals surface area contributed by atoms with Gasteiger partial charge in [0.05, 0.1) is 11.1 Å². The molecule has 1 aromatic carbocycles. The Balaban J connectivity index is 1.80. The standard InChI is InChI=1S/C33H41N7O8S/c1-16(2)13-23-29(44)35-17(3)27(42)40-26(18(4)41)31(46)38-25(33(47)48)15-49-32-20(19-9-5-6-10-21(19)39-32)14-24(30(45)36-23)37-28(43)22-11-7-8-12-34-22/h5-12,16-18,23-26,39,41H,13-15H2,1-4H3,(H,35,44)(H,36,45)(H,37,43)(H,38,46)(H,40,42)(H,47,48)/t17-,18-,23+,24+,25+,26+/m1/s1. The first-order valence-corrected chi connectivity index (χ1v) is 16.8. The molecule has 0 radical (unpaired) electrons. The van der Waals surface area contributed by atoms with E-state index < -0.39 is 71.8 Å². The Hall–Kier alpha value is -4.96. The summed E-state index contributed by atoms with van der Waals surface area (Å²) in [5, 5.41) is 34.3. The first-order chi connectivity index (χ1) is 23.2. The molecule has 2 aromatic heterocycles. The molecule has 1 aliphatic heterocycles. The molecule has 5 amide bonds. The molecule has 3 aromatic rings. The second-order valence-corrected chi connectivity index (χ2v) is 13.3. The first kappa shape index (κ1) is 36.9. The molecule has 0 bridgehead atoms. The van der Waals surface area contributed by atoms with E-state index in [0.29, 0.717) is 21.5 Å². The van der Waals surface area contributed by atoms with Gasteiger partial charge in [-0.3, -0.25) is 29.0 Å². The molecule has 262 valence electrons. The van der Waals surface area contributed by atoms with Crippen LogP contribution in [0.4, 0.5) is 0 Å². The topological polar surface area (TPSA) is 232 Å². The summed E-state index contributed by atoms with van der Waals surface area (Å²) in [6.45, 7) is 6.33. The Morgan fingerprint density at radius 3 is 2.31 bits per heavy atom. The van der Waals surface area contributed by atoms with Gasteiger partial charge < -0.3 is 41.8 Å². The molecule has 0 spiro atoms. The lowest BCUT2D eigenvalue weighted by atomic mass is 10.0. The highest BCUT2D eigenvalue weighted by Gasteiger charge is 2.34. The fourth-order valence-corrected chi connectivity index (χ4v) is 6.39. The number of fused-ring (bicyclic) bond motifs is 3. The number of aliphatic hydroxyl groups is 1. The zero-order chi connectivity index (χ0) is 35.8. The predicted octanol–water partition coefficient (Wildman–Crippen LogP) is 0.480. The van der Waals surface area contributed by atoms with E-state index in [2.05, 4.69) is 36.6 Å². The van der Waals surface area contributed by atoms with Crippen LogP contribution in [0.25, 0.3) is 10.9 Å². The number of hydrogen-bond donors (Lipinski definition) is 8. The second-order valence-electron chi connectivity index (χ2n) is 12.3. The van der Waals surface area contributed by atoms with Gasteiger partial charge in [0, 0.05) is 29.3 Å². The molecular formula is C33H41N7O8S. The van der Waals surface area contributed by atoms with Gasteiger partial charge in [-0.2, -0.15) is 0 Å². The average Bonchev–Trinajstić information content (AvgIpc) is 3.40. The van der Waals surface area contributed by atoms with Crippen molar-refractivity contribution < 1.29 is 39.0 Å². The number of aromatic nitrogens is 2. The zero-order valence-corrected chi connectivity index (χ0v) is 28.3. The van der Waals surface area contributed by atoms with Crippen molar-refractivity contribution >= 4 is 58.2 Å². The number of hydrogen-bond acceptors (Lipinski definition) is 9. The first-order valence-electron chi connectivity index (χ1n) is 15.8. The molecule has 8 N–H and O–H groups in total. The van der Waals surface area contributed by atoms with Crippen molar-refractivity contribution in [1.82, 2.24) is 36.6 Å². The van der Waals surface area contributed by atoms with Crippen molar-refractivity contribution in [1.29, 1.82) is 0 Å². The molecule has 1 aliphatic rings. The minimum atomic E-state index is -1.53. The Bertz CT molecular complexity index is 1700. The van der Waals surface area contributed by atoms with Gasteiger partial charge in [-0.25, -0.2) is 4.79 Å². The van der Waals surface area contributed by atoms with Crippen LogP contribution in [0.3, 0.4) is 0 Å². The van der Waals surface area contributed by atoms with E-state index in [-0.39, 0.29) is 30.2 Å². The maximum atomic E-state index is 14.0. The highest BCUT2D eigenvalue weighted by atomic mass is 32.2. The van der Waals surface area contributed by atoms with Crippen LogP contribution >= 0.6 is 11.8 Å². The maximum absolute atomic E-state index is 14.0. The van der Waals surface area contributed by atoms with Crippen molar-refractivity contribution in [2.75, 3.05) is 5.75 Å². The van der Waals surface area contributed by atoms with Crippen molar-refractivity contribution in [3.8, 4) is 0 Å². The minimum Gasteiger partial charge on any atom is -0.480 e. The fourth-order valence-electron chi connectivity index (χ4n) is 5.28. The number of aliphatic carboxylic acids is 1. The maximum Gasteiger partial charge on any atom is 0.327 e. The number of benzene rings is 1. The second kappa shape index (κ2) is 16.4. The summed E-state index contributed by atoms with van der Waals surface area (Å²) in [7, 11) is 0.